The SMILES string of the molecule is CCOc1c(I)cc(C)c2sc(C(N)O)c(N)c12. The molecule has 0 aliphatic rings. The van der Waals surface area contributed by atoms with Crippen LogP contribution in [0.5, 0.6) is 5.75 Å². The minimum absolute atomic E-state index is 0.523. The van der Waals surface area contributed by atoms with Crippen LogP contribution in [-0.2, 0) is 0 Å². The molecule has 0 saturated carbocycles. The summed E-state index contributed by atoms with van der Waals surface area (Å²) in [5.41, 5.74) is 13.3. The Balaban J connectivity index is 2.83. The monoisotopic (exact) mass is 378 g/mol. The summed E-state index contributed by atoms with van der Waals surface area (Å²) in [6, 6.07) is 2.05. The van der Waals surface area contributed by atoms with E-state index in [1.54, 1.807) is 0 Å². The van der Waals surface area contributed by atoms with Gasteiger partial charge in [-0.05, 0) is 48.1 Å². The van der Waals surface area contributed by atoms with Crippen LogP contribution in [-0.4, -0.2) is 11.7 Å². The number of hydrogen-bond acceptors (Lipinski definition) is 5. The van der Waals surface area contributed by atoms with Crippen LogP contribution < -0.4 is 16.2 Å². The molecule has 1 unspecified atom stereocenters. The quantitative estimate of drug-likeness (QED) is 0.567. The number of nitrogens with two attached hydrogens (primary N) is 2. The molecule has 6 heteroatoms. The smallest absolute Gasteiger partial charge is 0.143 e. The Bertz CT molecular complexity index is 596. The second-order valence-corrected chi connectivity index (χ2v) is 6.18. The molecule has 0 radical (unpaired) electrons. The molecule has 1 atom stereocenters. The zero-order chi connectivity index (χ0) is 13.4. The lowest BCUT2D eigenvalue weighted by atomic mass is 10.1. The van der Waals surface area contributed by atoms with Crippen molar-refractivity contribution in [3.05, 3.63) is 20.1 Å². The van der Waals surface area contributed by atoms with Crippen LogP contribution in [0, 0.1) is 10.5 Å². The van der Waals surface area contributed by atoms with Crippen LogP contribution in [0.3, 0.4) is 0 Å². The number of hydrogen-bond donors (Lipinski definition) is 3. The average molecular weight is 378 g/mol. The van der Waals surface area contributed by atoms with E-state index in [-0.39, 0.29) is 0 Å². The molecule has 0 fully saturated rings. The normalized spacial score (nSPS) is 12.9. The van der Waals surface area contributed by atoms with E-state index in [0.29, 0.717) is 17.2 Å². The number of ether oxygens (including phenoxy) is 1. The highest BCUT2D eigenvalue weighted by Crippen LogP contribution is 2.45. The van der Waals surface area contributed by atoms with Gasteiger partial charge in [-0.1, -0.05) is 0 Å². The van der Waals surface area contributed by atoms with Gasteiger partial charge in [0.1, 0.15) is 12.0 Å². The topological polar surface area (TPSA) is 81.5 Å². The van der Waals surface area contributed by atoms with E-state index in [1.807, 2.05) is 13.8 Å². The molecule has 0 spiro atoms. The number of aryl methyl sites for hydroxylation is 1. The minimum atomic E-state index is -1.05. The van der Waals surface area contributed by atoms with E-state index in [0.717, 1.165) is 25.0 Å². The Morgan fingerprint density at radius 3 is 2.78 bits per heavy atom. The van der Waals surface area contributed by atoms with Gasteiger partial charge in [0.15, 0.2) is 0 Å². The number of anilines is 1. The lowest BCUT2D eigenvalue weighted by Gasteiger charge is -2.10. The Kier molecular flexibility index (Phi) is 4.00. The first-order valence-corrected chi connectivity index (χ1v) is 7.44. The summed E-state index contributed by atoms with van der Waals surface area (Å²) < 4.78 is 7.72. The predicted molar refractivity (Wildman–Crippen MR) is 84.0 cm³/mol. The highest BCUT2D eigenvalue weighted by molar-refractivity contribution is 14.1. The van der Waals surface area contributed by atoms with Crippen LogP contribution in [0.1, 0.15) is 23.6 Å². The number of benzene rings is 1. The Morgan fingerprint density at radius 1 is 1.56 bits per heavy atom. The summed E-state index contributed by atoms with van der Waals surface area (Å²) in [5, 5.41) is 10.4. The highest BCUT2D eigenvalue weighted by atomic mass is 127. The van der Waals surface area contributed by atoms with Crippen LogP contribution in [0.4, 0.5) is 5.69 Å². The van der Waals surface area contributed by atoms with Gasteiger partial charge in [0.2, 0.25) is 0 Å². The number of nitrogen functional groups attached to an aromatic ring is 1. The number of aliphatic hydroxyl groups excluding tert-OH is 1. The molecule has 2 aromatic rings. The van der Waals surface area contributed by atoms with Crippen LogP contribution >= 0.6 is 33.9 Å². The van der Waals surface area contributed by atoms with Crippen LogP contribution in [0.15, 0.2) is 6.07 Å². The summed E-state index contributed by atoms with van der Waals surface area (Å²) in [7, 11) is 0. The van der Waals surface area contributed by atoms with Gasteiger partial charge in [-0.2, -0.15) is 0 Å². The number of thiophene rings is 1. The molecular weight excluding hydrogens is 363 g/mol. The number of halogens is 1. The van der Waals surface area contributed by atoms with E-state index >= 15 is 0 Å². The molecule has 0 saturated heterocycles. The van der Waals surface area contributed by atoms with Crippen molar-refractivity contribution < 1.29 is 9.84 Å². The van der Waals surface area contributed by atoms with Gasteiger partial charge < -0.3 is 21.3 Å². The number of fused-ring (bicyclic) bond motifs is 1. The van der Waals surface area contributed by atoms with Crippen molar-refractivity contribution in [2.45, 2.75) is 20.1 Å². The maximum Gasteiger partial charge on any atom is 0.143 e. The molecule has 0 aliphatic heterocycles. The zero-order valence-electron chi connectivity index (χ0n) is 10.2. The molecular formula is C12H15IN2O2S. The molecule has 0 bridgehead atoms. The minimum Gasteiger partial charge on any atom is -0.492 e. The van der Waals surface area contributed by atoms with Gasteiger partial charge in [0, 0.05) is 4.70 Å². The van der Waals surface area contributed by atoms with E-state index in [1.165, 1.54) is 11.3 Å². The lowest BCUT2D eigenvalue weighted by molar-refractivity contribution is 0.191. The summed E-state index contributed by atoms with van der Waals surface area (Å²) in [5.74, 6) is 0.777. The Morgan fingerprint density at radius 2 is 2.22 bits per heavy atom. The van der Waals surface area contributed by atoms with Gasteiger partial charge >= 0.3 is 0 Å². The van der Waals surface area contributed by atoms with Crippen molar-refractivity contribution in [3.63, 3.8) is 0 Å². The van der Waals surface area contributed by atoms with Gasteiger partial charge in [-0.15, -0.1) is 11.3 Å². The van der Waals surface area contributed by atoms with Crippen molar-refractivity contribution in [2.24, 2.45) is 5.73 Å². The highest BCUT2D eigenvalue weighted by Gasteiger charge is 2.20. The zero-order valence-corrected chi connectivity index (χ0v) is 13.1. The molecule has 0 amide bonds. The molecule has 5 N–H and O–H groups in total. The van der Waals surface area contributed by atoms with Crippen LogP contribution in [0.2, 0.25) is 0 Å². The summed E-state index contributed by atoms with van der Waals surface area (Å²) in [6.45, 7) is 4.52. The first-order valence-electron chi connectivity index (χ1n) is 5.54. The third-order valence-corrected chi connectivity index (χ3v) is 4.89. The lowest BCUT2D eigenvalue weighted by Crippen LogP contribution is -2.08. The molecule has 1 heterocycles. The molecule has 1 aromatic heterocycles. The van der Waals surface area contributed by atoms with Crippen molar-refractivity contribution in [2.75, 3.05) is 12.3 Å². The fraction of sp³-hybridized carbons (Fsp3) is 0.333. The average Bonchev–Trinajstić information content (AvgIpc) is 2.63. The second kappa shape index (κ2) is 5.20. The third-order valence-electron chi connectivity index (χ3n) is 2.68. The Hall–Kier alpha value is -0.570. The fourth-order valence-electron chi connectivity index (χ4n) is 1.91. The van der Waals surface area contributed by atoms with Crippen molar-refractivity contribution in [3.8, 4) is 5.75 Å². The van der Waals surface area contributed by atoms with Gasteiger partial charge in [0.25, 0.3) is 0 Å². The van der Waals surface area contributed by atoms with Crippen molar-refractivity contribution in [1.29, 1.82) is 0 Å². The third kappa shape index (κ3) is 2.18. The second-order valence-electron chi connectivity index (χ2n) is 3.97. The molecule has 18 heavy (non-hydrogen) atoms. The Labute approximate surface area is 123 Å². The number of rotatable bonds is 3. The summed E-state index contributed by atoms with van der Waals surface area (Å²) in [6.07, 6.45) is -1.05. The maximum atomic E-state index is 9.55. The first kappa shape index (κ1) is 13.9. The number of aliphatic hydroxyl groups is 1. The predicted octanol–water partition coefficient (Wildman–Crippen LogP) is 2.74. The van der Waals surface area contributed by atoms with E-state index in [4.69, 9.17) is 16.2 Å². The molecule has 4 nitrogen and oxygen atoms in total. The summed E-state index contributed by atoms with van der Waals surface area (Å²) in [4.78, 5) is 0.594. The standard InChI is InChI=1S/C12H15IN2O2S/c1-3-17-9-6(13)4-5(2)10-7(9)8(14)11(18-10)12(15)16/h4,12,16H,3,14-15H2,1-2H3. The summed E-state index contributed by atoms with van der Waals surface area (Å²) >= 11 is 3.66. The van der Waals surface area contributed by atoms with Crippen molar-refractivity contribution in [1.82, 2.24) is 0 Å². The largest absolute Gasteiger partial charge is 0.492 e. The molecule has 1 aromatic carbocycles. The van der Waals surface area contributed by atoms with E-state index in [2.05, 4.69) is 28.7 Å². The van der Waals surface area contributed by atoms with E-state index in [9.17, 15) is 5.11 Å². The molecule has 2 rings (SSSR count). The fourth-order valence-corrected chi connectivity index (χ4v) is 3.88. The molecule has 98 valence electrons. The molecule has 0 aliphatic carbocycles. The van der Waals surface area contributed by atoms with Gasteiger partial charge in [-0.25, -0.2) is 0 Å². The first-order chi connectivity index (χ1) is 8.47. The maximum absolute atomic E-state index is 9.55. The van der Waals surface area contributed by atoms with Gasteiger partial charge in [-0.3, -0.25) is 0 Å². The van der Waals surface area contributed by atoms with Gasteiger partial charge in [0.05, 0.1) is 26.1 Å². The van der Waals surface area contributed by atoms with Crippen molar-refractivity contribution >= 4 is 49.7 Å². The van der Waals surface area contributed by atoms with Crippen LogP contribution in [0.25, 0.3) is 10.1 Å². The van der Waals surface area contributed by atoms with E-state index < -0.39 is 6.23 Å².